The quantitative estimate of drug-likeness (QED) is 0.437. The van der Waals surface area contributed by atoms with Gasteiger partial charge in [0.25, 0.3) is 0 Å². The van der Waals surface area contributed by atoms with Gasteiger partial charge in [0.2, 0.25) is 11.8 Å². The molecule has 2 amide bonds. The summed E-state index contributed by atoms with van der Waals surface area (Å²) in [6, 6.07) is 1.33. The minimum Gasteiger partial charge on any atom is -0.493 e. The number of fused-ring (bicyclic) bond motifs is 3. The molecule has 9 nitrogen and oxygen atoms in total. The fourth-order valence-corrected chi connectivity index (χ4v) is 4.47. The van der Waals surface area contributed by atoms with E-state index < -0.39 is 48.7 Å². The molecule has 1 heterocycles. The van der Waals surface area contributed by atoms with Crippen molar-refractivity contribution in [3.63, 3.8) is 0 Å². The Balaban J connectivity index is 2.15. The number of rotatable bonds is 9. The molecule has 12 heteroatoms. The first-order chi connectivity index (χ1) is 16.6. The Morgan fingerprint density at radius 3 is 2.60 bits per heavy atom. The van der Waals surface area contributed by atoms with E-state index >= 15 is 0 Å². The minimum atomic E-state index is -4.76. The first kappa shape index (κ1) is 26.5. The van der Waals surface area contributed by atoms with Crippen molar-refractivity contribution < 1.29 is 47.2 Å². The lowest BCUT2D eigenvalue weighted by Gasteiger charge is -2.41. The van der Waals surface area contributed by atoms with Crippen LogP contribution in [0.2, 0.25) is 0 Å². The second-order valence-corrected chi connectivity index (χ2v) is 8.29. The highest BCUT2D eigenvalue weighted by molar-refractivity contribution is 5.96. The van der Waals surface area contributed by atoms with Crippen LogP contribution in [0.25, 0.3) is 0 Å². The van der Waals surface area contributed by atoms with Crippen LogP contribution in [-0.2, 0) is 9.59 Å². The number of carbonyl (C=O) groups is 3. The average molecular weight is 500 g/mol. The number of halogens is 3. The van der Waals surface area contributed by atoms with Crippen LogP contribution in [0.5, 0.6) is 11.5 Å². The Kier molecular flexibility index (Phi) is 8.06. The van der Waals surface area contributed by atoms with Gasteiger partial charge in [-0.2, -0.15) is 13.2 Å². The average Bonchev–Trinajstić information content (AvgIpc) is 3.20. The lowest BCUT2D eigenvalue weighted by molar-refractivity contribution is -0.170. The van der Waals surface area contributed by atoms with E-state index in [1.807, 2.05) is 0 Å². The third kappa shape index (κ3) is 5.43. The zero-order valence-electron chi connectivity index (χ0n) is 19.2. The van der Waals surface area contributed by atoms with Gasteiger partial charge in [0.05, 0.1) is 25.7 Å². The maximum Gasteiger partial charge on any atom is 0.406 e. The van der Waals surface area contributed by atoms with Gasteiger partial charge in [-0.25, -0.2) is 0 Å². The number of ether oxygens (including phenoxy) is 2. The Morgan fingerprint density at radius 1 is 1.31 bits per heavy atom. The van der Waals surface area contributed by atoms with Crippen molar-refractivity contribution in [2.75, 3.05) is 26.8 Å². The second kappa shape index (κ2) is 10.6. The zero-order valence-corrected chi connectivity index (χ0v) is 19.2. The highest BCUT2D eigenvalue weighted by Gasteiger charge is 2.52. The maximum absolute atomic E-state index is 13.4. The number of benzene rings is 1. The summed E-state index contributed by atoms with van der Waals surface area (Å²) >= 11 is 0. The van der Waals surface area contributed by atoms with Crippen LogP contribution in [0.4, 0.5) is 13.2 Å². The molecular weight excluding hydrogens is 473 g/mol. The number of amides is 2. The molecule has 0 bridgehead atoms. The molecule has 1 aliphatic heterocycles. The topological polar surface area (TPSA) is 125 Å². The molecule has 0 saturated heterocycles. The van der Waals surface area contributed by atoms with Gasteiger partial charge in [0.15, 0.2) is 11.5 Å². The van der Waals surface area contributed by atoms with Gasteiger partial charge >= 0.3 is 6.18 Å². The van der Waals surface area contributed by atoms with E-state index in [-0.39, 0.29) is 48.6 Å². The fourth-order valence-electron chi connectivity index (χ4n) is 4.47. The first-order valence-corrected chi connectivity index (χ1v) is 11.0. The van der Waals surface area contributed by atoms with Gasteiger partial charge in [0.1, 0.15) is 25.0 Å². The van der Waals surface area contributed by atoms with E-state index in [0.29, 0.717) is 16.7 Å². The van der Waals surface area contributed by atoms with Gasteiger partial charge in [-0.15, -0.1) is 0 Å². The molecule has 0 fully saturated rings. The van der Waals surface area contributed by atoms with Crippen LogP contribution in [-0.4, -0.2) is 84.4 Å². The van der Waals surface area contributed by atoms with Crippen molar-refractivity contribution in [1.29, 1.82) is 0 Å². The molecule has 4 atom stereocenters. The summed E-state index contributed by atoms with van der Waals surface area (Å²) in [6.07, 6.45) is -5.84. The number of carbonyl (C=O) groups excluding carboxylic acids is 3. The molecular formula is C23H27F3N2O7. The molecule has 1 aromatic rings. The smallest absolute Gasteiger partial charge is 0.406 e. The monoisotopic (exact) mass is 500 g/mol. The molecule has 2 aliphatic rings. The van der Waals surface area contributed by atoms with Crippen LogP contribution < -0.4 is 14.8 Å². The second-order valence-electron chi connectivity index (χ2n) is 8.29. The van der Waals surface area contributed by atoms with Crippen molar-refractivity contribution >= 4 is 18.1 Å². The molecule has 0 aromatic heterocycles. The third-order valence-electron chi connectivity index (χ3n) is 5.90. The fraction of sp³-hybridized carbons (Fsp3) is 0.522. The maximum atomic E-state index is 13.4. The molecule has 0 saturated carbocycles. The number of hydrogen-bond acceptors (Lipinski definition) is 7. The molecule has 35 heavy (non-hydrogen) atoms. The lowest BCUT2D eigenvalue weighted by atomic mass is 9.77. The van der Waals surface area contributed by atoms with E-state index in [9.17, 15) is 32.7 Å². The zero-order chi connectivity index (χ0) is 25.9. The summed E-state index contributed by atoms with van der Waals surface area (Å²) in [7, 11) is 1.33. The molecule has 0 spiro atoms. The van der Waals surface area contributed by atoms with Crippen molar-refractivity contribution in [3.05, 3.63) is 34.9 Å². The Labute approximate surface area is 199 Å². The summed E-state index contributed by atoms with van der Waals surface area (Å²) in [6.45, 7) is -0.509. The summed E-state index contributed by atoms with van der Waals surface area (Å²) in [4.78, 5) is 37.6. The highest BCUT2D eigenvalue weighted by atomic mass is 19.4. The van der Waals surface area contributed by atoms with E-state index in [0.717, 1.165) is 6.08 Å². The van der Waals surface area contributed by atoms with Crippen LogP contribution in [0.15, 0.2) is 23.8 Å². The molecule has 0 unspecified atom stereocenters. The van der Waals surface area contributed by atoms with E-state index in [4.69, 9.17) is 14.6 Å². The number of alkyl halides is 3. The first-order valence-electron chi connectivity index (χ1n) is 11.0. The summed E-state index contributed by atoms with van der Waals surface area (Å²) in [5.41, 5.74) is 0.481. The van der Waals surface area contributed by atoms with Crippen molar-refractivity contribution in [2.45, 2.75) is 50.1 Å². The van der Waals surface area contributed by atoms with Crippen LogP contribution in [0, 0.1) is 0 Å². The summed E-state index contributed by atoms with van der Waals surface area (Å²) < 4.78 is 51.4. The number of hydrogen-bond donors (Lipinski definition) is 3. The van der Waals surface area contributed by atoms with Crippen molar-refractivity contribution in [3.8, 4) is 11.5 Å². The Morgan fingerprint density at radius 2 is 2.03 bits per heavy atom. The number of aldehydes is 1. The van der Waals surface area contributed by atoms with Crippen LogP contribution >= 0.6 is 0 Å². The van der Waals surface area contributed by atoms with Crippen molar-refractivity contribution in [2.24, 2.45) is 0 Å². The molecule has 1 aliphatic carbocycles. The SMILES string of the molecule is CCCC(=O)N(CC(F)(F)F)[C@@H]1C=C(C(=O)NCCO)[C@@H]2c3cc(C=O)cc(OC)c3O[C@@H]2[C@H]1O. The third-order valence-corrected chi connectivity index (χ3v) is 5.90. The predicted octanol–water partition coefficient (Wildman–Crippen LogP) is 1.32. The normalized spacial score (nSPS) is 22.9. The molecule has 192 valence electrons. The number of methoxy groups -OCH3 is 1. The number of aliphatic hydroxyl groups is 2. The van der Waals surface area contributed by atoms with Crippen molar-refractivity contribution in [1.82, 2.24) is 10.2 Å². The molecule has 0 radical (unpaired) electrons. The van der Waals surface area contributed by atoms with Gasteiger partial charge in [-0.1, -0.05) is 6.92 Å². The van der Waals surface area contributed by atoms with E-state index in [1.165, 1.54) is 19.2 Å². The van der Waals surface area contributed by atoms with Crippen LogP contribution in [0.1, 0.15) is 41.6 Å². The van der Waals surface area contributed by atoms with Crippen LogP contribution in [0.3, 0.4) is 0 Å². The number of nitrogens with one attached hydrogen (secondary N) is 1. The van der Waals surface area contributed by atoms with E-state index in [2.05, 4.69) is 5.32 Å². The van der Waals surface area contributed by atoms with Gasteiger partial charge in [-0.3, -0.25) is 14.4 Å². The van der Waals surface area contributed by atoms with Gasteiger partial charge in [-0.05, 0) is 24.6 Å². The van der Waals surface area contributed by atoms with Gasteiger partial charge < -0.3 is 29.9 Å². The summed E-state index contributed by atoms with van der Waals surface area (Å²) in [5, 5.41) is 22.7. The summed E-state index contributed by atoms with van der Waals surface area (Å²) in [5.74, 6) is -2.23. The standard InChI is InChI=1S/C23H27F3N2O7/c1-3-4-17(31)28(11-23(24,25)26)15-9-14(22(33)27-5-6-29)18-13-7-12(10-30)8-16(34-2)20(13)35-21(18)19(15)32/h7-10,15,18-19,21,29,32H,3-6,11H2,1-2H3,(H,27,33)/t15-,18+,19+,21+/m1/s1. The predicted molar refractivity (Wildman–Crippen MR) is 116 cm³/mol. The van der Waals surface area contributed by atoms with E-state index in [1.54, 1.807) is 6.92 Å². The Hall–Kier alpha value is -3.12. The van der Waals surface area contributed by atoms with Gasteiger partial charge in [0, 0.05) is 29.7 Å². The largest absolute Gasteiger partial charge is 0.493 e. The minimum absolute atomic E-state index is 0.0564. The highest BCUT2D eigenvalue weighted by Crippen LogP contribution is 2.51. The number of aliphatic hydroxyl groups excluding tert-OH is 2. The molecule has 1 aromatic carbocycles. The lowest BCUT2D eigenvalue weighted by Crippen LogP contribution is -2.57. The molecule has 3 rings (SSSR count). The Bertz CT molecular complexity index is 1010. The number of nitrogens with zero attached hydrogens (tertiary/aromatic N) is 1. The molecule has 3 N–H and O–H groups in total.